The molecule has 0 saturated carbocycles. The predicted molar refractivity (Wildman–Crippen MR) is 116 cm³/mol. The van der Waals surface area contributed by atoms with Crippen LogP contribution in [0.1, 0.15) is 21.6 Å². The van der Waals surface area contributed by atoms with Crippen LogP contribution in [-0.2, 0) is 4.79 Å². The van der Waals surface area contributed by atoms with Crippen molar-refractivity contribution in [2.45, 2.75) is 13.8 Å². The number of carbonyl (C=O) groups excluding carboxylic acids is 2. The molecule has 4 rings (SSSR count). The number of amides is 1. The van der Waals surface area contributed by atoms with Crippen molar-refractivity contribution in [3.05, 3.63) is 83.6 Å². The number of carbonyl (C=O) groups is 2. The lowest BCUT2D eigenvalue weighted by atomic mass is 10.0. The number of anilines is 1. The van der Waals surface area contributed by atoms with E-state index in [4.69, 9.17) is 4.74 Å². The van der Waals surface area contributed by atoms with E-state index in [9.17, 15) is 9.59 Å². The van der Waals surface area contributed by atoms with Crippen LogP contribution >= 0.6 is 0 Å². The monoisotopic (exact) mass is 399 g/mol. The SMILES string of the molecule is Cc1ccc(-n2nc(C)cc2NC(=O)COc2ccc3ccccc3c2C=O)cc1. The lowest BCUT2D eigenvalue weighted by molar-refractivity contribution is -0.118. The molecule has 0 aliphatic carbocycles. The largest absolute Gasteiger partial charge is 0.483 e. The number of benzene rings is 3. The summed E-state index contributed by atoms with van der Waals surface area (Å²) in [6.45, 7) is 3.65. The van der Waals surface area contributed by atoms with Crippen LogP contribution in [0.4, 0.5) is 5.82 Å². The minimum Gasteiger partial charge on any atom is -0.483 e. The maximum Gasteiger partial charge on any atom is 0.263 e. The average Bonchev–Trinajstić information content (AvgIpc) is 3.12. The number of hydrogen-bond donors (Lipinski definition) is 1. The number of nitrogens with zero attached hydrogens (tertiary/aromatic N) is 2. The highest BCUT2D eigenvalue weighted by atomic mass is 16.5. The number of rotatable bonds is 6. The fourth-order valence-electron chi connectivity index (χ4n) is 3.32. The average molecular weight is 399 g/mol. The first-order chi connectivity index (χ1) is 14.5. The van der Waals surface area contributed by atoms with Gasteiger partial charge in [0.2, 0.25) is 0 Å². The quantitative estimate of drug-likeness (QED) is 0.486. The minimum absolute atomic E-state index is 0.225. The van der Waals surface area contributed by atoms with Gasteiger partial charge < -0.3 is 10.1 Å². The summed E-state index contributed by atoms with van der Waals surface area (Å²) in [6.07, 6.45) is 0.755. The molecule has 0 bridgehead atoms. The van der Waals surface area contributed by atoms with E-state index in [-0.39, 0.29) is 12.5 Å². The molecule has 0 unspecified atom stereocenters. The lowest BCUT2D eigenvalue weighted by Crippen LogP contribution is -2.22. The van der Waals surface area contributed by atoms with Crippen molar-refractivity contribution in [2.75, 3.05) is 11.9 Å². The number of nitrogens with one attached hydrogen (secondary N) is 1. The van der Waals surface area contributed by atoms with Gasteiger partial charge in [-0.15, -0.1) is 0 Å². The van der Waals surface area contributed by atoms with E-state index in [1.807, 2.05) is 68.4 Å². The third-order valence-electron chi connectivity index (χ3n) is 4.78. The molecule has 0 saturated heterocycles. The second-order valence-corrected chi connectivity index (χ2v) is 7.07. The summed E-state index contributed by atoms with van der Waals surface area (Å²) in [5, 5.41) is 9.02. The molecule has 150 valence electrons. The number of ether oxygens (including phenoxy) is 1. The van der Waals surface area contributed by atoms with Crippen LogP contribution in [0, 0.1) is 13.8 Å². The van der Waals surface area contributed by atoms with Gasteiger partial charge >= 0.3 is 0 Å². The van der Waals surface area contributed by atoms with Crippen molar-refractivity contribution in [2.24, 2.45) is 0 Å². The third-order valence-corrected chi connectivity index (χ3v) is 4.78. The molecule has 0 fully saturated rings. The minimum atomic E-state index is -0.340. The van der Waals surface area contributed by atoms with Crippen molar-refractivity contribution in [1.82, 2.24) is 9.78 Å². The molecule has 1 heterocycles. The molecule has 0 atom stereocenters. The van der Waals surface area contributed by atoms with E-state index in [1.54, 1.807) is 16.8 Å². The zero-order chi connectivity index (χ0) is 21.1. The Labute approximate surface area is 174 Å². The van der Waals surface area contributed by atoms with E-state index in [0.717, 1.165) is 34.0 Å². The molecule has 4 aromatic rings. The molecule has 1 amide bonds. The van der Waals surface area contributed by atoms with Gasteiger partial charge in [-0.3, -0.25) is 9.59 Å². The zero-order valence-corrected chi connectivity index (χ0v) is 16.8. The van der Waals surface area contributed by atoms with E-state index in [2.05, 4.69) is 10.4 Å². The van der Waals surface area contributed by atoms with Gasteiger partial charge in [0.15, 0.2) is 12.9 Å². The molecule has 3 aromatic carbocycles. The van der Waals surface area contributed by atoms with Gasteiger partial charge in [0.05, 0.1) is 16.9 Å². The molecule has 30 heavy (non-hydrogen) atoms. The maximum absolute atomic E-state index is 12.5. The highest BCUT2D eigenvalue weighted by Gasteiger charge is 2.13. The predicted octanol–water partition coefficient (Wildman–Crippen LogP) is 4.47. The van der Waals surface area contributed by atoms with Gasteiger partial charge in [-0.2, -0.15) is 5.10 Å². The van der Waals surface area contributed by atoms with E-state index in [0.29, 0.717) is 17.1 Å². The fraction of sp³-hybridized carbons (Fsp3) is 0.125. The van der Waals surface area contributed by atoms with E-state index >= 15 is 0 Å². The third kappa shape index (κ3) is 3.93. The van der Waals surface area contributed by atoms with Crippen LogP contribution in [0.5, 0.6) is 5.75 Å². The van der Waals surface area contributed by atoms with Crippen LogP contribution in [-0.4, -0.2) is 28.6 Å². The number of aldehydes is 1. The Kier molecular flexibility index (Phi) is 5.30. The van der Waals surface area contributed by atoms with Crippen molar-refractivity contribution >= 4 is 28.8 Å². The summed E-state index contributed by atoms with van der Waals surface area (Å²) in [4.78, 5) is 24.1. The summed E-state index contributed by atoms with van der Waals surface area (Å²) >= 11 is 0. The summed E-state index contributed by atoms with van der Waals surface area (Å²) in [7, 11) is 0. The standard InChI is InChI=1S/C24H21N3O3/c1-16-7-10-19(11-8-16)27-23(13-17(2)26-27)25-24(29)15-30-22-12-9-18-5-3-4-6-20(18)21(22)14-28/h3-14H,15H2,1-2H3,(H,25,29). The summed E-state index contributed by atoms with van der Waals surface area (Å²) in [5.41, 5.74) is 3.21. The number of hydrogen-bond acceptors (Lipinski definition) is 4. The molecule has 1 aromatic heterocycles. The number of aromatic nitrogens is 2. The Hall–Kier alpha value is -3.93. The van der Waals surface area contributed by atoms with Crippen LogP contribution < -0.4 is 10.1 Å². The molecular weight excluding hydrogens is 378 g/mol. The Morgan fingerprint density at radius 1 is 1.07 bits per heavy atom. The molecule has 6 nitrogen and oxygen atoms in total. The first kappa shape index (κ1) is 19.4. The molecule has 0 aliphatic rings. The topological polar surface area (TPSA) is 73.2 Å². The summed E-state index contributed by atoms with van der Waals surface area (Å²) in [6, 6.07) is 20.8. The molecule has 0 spiro atoms. The Morgan fingerprint density at radius 2 is 1.83 bits per heavy atom. The van der Waals surface area contributed by atoms with Crippen molar-refractivity contribution in [3.8, 4) is 11.4 Å². The first-order valence-corrected chi connectivity index (χ1v) is 9.58. The Balaban J connectivity index is 1.51. The Bertz CT molecular complexity index is 1230. The molecule has 0 radical (unpaired) electrons. The van der Waals surface area contributed by atoms with Crippen LogP contribution in [0.15, 0.2) is 66.7 Å². The molecule has 1 N–H and O–H groups in total. The van der Waals surface area contributed by atoms with Gasteiger partial charge in [-0.05, 0) is 42.8 Å². The van der Waals surface area contributed by atoms with Gasteiger partial charge in [-0.1, -0.05) is 48.0 Å². The van der Waals surface area contributed by atoms with Crippen molar-refractivity contribution < 1.29 is 14.3 Å². The normalized spacial score (nSPS) is 10.7. The van der Waals surface area contributed by atoms with Crippen LogP contribution in [0.3, 0.4) is 0 Å². The summed E-state index contributed by atoms with van der Waals surface area (Å²) < 4.78 is 7.35. The van der Waals surface area contributed by atoms with Crippen LogP contribution in [0.2, 0.25) is 0 Å². The maximum atomic E-state index is 12.5. The Morgan fingerprint density at radius 3 is 2.60 bits per heavy atom. The number of fused-ring (bicyclic) bond motifs is 1. The smallest absolute Gasteiger partial charge is 0.263 e. The van der Waals surface area contributed by atoms with Crippen molar-refractivity contribution in [1.29, 1.82) is 0 Å². The van der Waals surface area contributed by atoms with Gasteiger partial charge in [-0.25, -0.2) is 4.68 Å². The van der Waals surface area contributed by atoms with E-state index in [1.165, 1.54) is 0 Å². The second-order valence-electron chi connectivity index (χ2n) is 7.07. The lowest BCUT2D eigenvalue weighted by Gasteiger charge is -2.12. The second kappa shape index (κ2) is 8.21. The fourth-order valence-corrected chi connectivity index (χ4v) is 3.32. The first-order valence-electron chi connectivity index (χ1n) is 9.58. The zero-order valence-electron chi connectivity index (χ0n) is 16.8. The molecule has 6 heteroatoms. The van der Waals surface area contributed by atoms with Gasteiger partial charge in [0, 0.05) is 6.07 Å². The molecular formula is C24H21N3O3. The highest BCUT2D eigenvalue weighted by Crippen LogP contribution is 2.26. The summed E-state index contributed by atoms with van der Waals surface area (Å²) in [5.74, 6) is 0.592. The number of aryl methyl sites for hydroxylation is 2. The van der Waals surface area contributed by atoms with Gasteiger partial charge in [0.1, 0.15) is 11.6 Å². The highest BCUT2D eigenvalue weighted by molar-refractivity contribution is 6.01. The molecule has 0 aliphatic heterocycles. The van der Waals surface area contributed by atoms with Crippen LogP contribution in [0.25, 0.3) is 16.5 Å². The van der Waals surface area contributed by atoms with Crippen molar-refractivity contribution in [3.63, 3.8) is 0 Å². The van der Waals surface area contributed by atoms with E-state index < -0.39 is 0 Å². The van der Waals surface area contributed by atoms with Gasteiger partial charge in [0.25, 0.3) is 5.91 Å².